The Morgan fingerprint density at radius 2 is 1.88 bits per heavy atom. The molecule has 92 valence electrons. The van der Waals surface area contributed by atoms with Crippen molar-refractivity contribution in [3.63, 3.8) is 0 Å². The van der Waals surface area contributed by atoms with Crippen molar-refractivity contribution in [3.05, 3.63) is 12.7 Å². The topological polar surface area (TPSA) is 23.6 Å². The van der Waals surface area contributed by atoms with Gasteiger partial charge in [0.2, 0.25) is 5.91 Å². The fraction of sp³-hybridized carbons (Fsp3) is 0.769. The molecule has 0 atom stereocenters. The van der Waals surface area contributed by atoms with E-state index in [2.05, 4.69) is 18.4 Å². The summed E-state index contributed by atoms with van der Waals surface area (Å²) in [5.74, 6) is 0.0747. The summed E-state index contributed by atoms with van der Waals surface area (Å²) in [6, 6.07) is 0. The second-order valence-corrected chi connectivity index (χ2v) is 4.43. The fourth-order valence-electron chi connectivity index (χ4n) is 2.08. The van der Waals surface area contributed by atoms with Gasteiger partial charge in [0.05, 0.1) is 0 Å². The fourth-order valence-corrected chi connectivity index (χ4v) is 2.08. The molecule has 16 heavy (non-hydrogen) atoms. The third-order valence-electron chi connectivity index (χ3n) is 3.19. The lowest BCUT2D eigenvalue weighted by molar-refractivity contribution is -0.127. The number of carbonyl (C=O) groups excluding carboxylic acids is 1. The number of hydrogen-bond acceptors (Lipinski definition) is 2. The van der Waals surface area contributed by atoms with Crippen molar-refractivity contribution in [2.45, 2.75) is 32.6 Å². The highest BCUT2D eigenvalue weighted by Gasteiger charge is 2.18. The van der Waals surface area contributed by atoms with Crippen molar-refractivity contribution >= 4 is 5.91 Å². The molecule has 1 aliphatic rings. The van der Waals surface area contributed by atoms with E-state index in [0.717, 1.165) is 26.2 Å². The average Bonchev–Trinajstić information content (AvgIpc) is 2.34. The number of nitrogens with zero attached hydrogens (tertiary/aromatic N) is 2. The Morgan fingerprint density at radius 1 is 1.19 bits per heavy atom. The minimum absolute atomic E-state index is 0.0747. The molecule has 3 nitrogen and oxygen atoms in total. The minimum atomic E-state index is 0.0747. The number of amides is 1. The molecule has 1 saturated heterocycles. The Balaban J connectivity index is 2.12. The summed E-state index contributed by atoms with van der Waals surface area (Å²) < 4.78 is 0. The van der Waals surface area contributed by atoms with Gasteiger partial charge >= 0.3 is 0 Å². The largest absolute Gasteiger partial charge is 0.337 e. The van der Waals surface area contributed by atoms with Gasteiger partial charge in [-0.25, -0.2) is 0 Å². The first kappa shape index (κ1) is 13.2. The Labute approximate surface area is 99.1 Å². The molecule has 0 aliphatic carbocycles. The first-order valence-electron chi connectivity index (χ1n) is 6.41. The molecule has 0 unspecified atom stereocenters. The minimum Gasteiger partial charge on any atom is -0.337 e. The van der Waals surface area contributed by atoms with Gasteiger partial charge in [0, 0.05) is 26.2 Å². The van der Waals surface area contributed by atoms with Crippen LogP contribution >= 0.6 is 0 Å². The van der Waals surface area contributed by atoms with Crippen LogP contribution in [0.5, 0.6) is 0 Å². The molecule has 0 saturated carbocycles. The number of piperazine rings is 1. The summed E-state index contributed by atoms with van der Waals surface area (Å²) in [4.78, 5) is 15.7. The molecule has 1 amide bonds. The molecule has 3 heteroatoms. The lowest BCUT2D eigenvalue weighted by atomic mass is 10.2. The quantitative estimate of drug-likeness (QED) is 0.508. The molecule has 1 fully saturated rings. The number of carbonyl (C=O) groups is 1. The van der Waals surface area contributed by atoms with E-state index in [9.17, 15) is 4.79 Å². The Bertz CT molecular complexity index is 220. The van der Waals surface area contributed by atoms with Crippen LogP contribution in [0, 0.1) is 0 Å². The molecule has 0 aromatic heterocycles. The van der Waals surface area contributed by atoms with Crippen molar-refractivity contribution in [2.24, 2.45) is 0 Å². The van der Waals surface area contributed by atoms with Crippen LogP contribution in [0.1, 0.15) is 32.6 Å². The predicted molar refractivity (Wildman–Crippen MR) is 67.4 cm³/mol. The van der Waals surface area contributed by atoms with Gasteiger partial charge in [-0.05, 0) is 19.0 Å². The van der Waals surface area contributed by atoms with E-state index in [1.165, 1.54) is 38.3 Å². The van der Waals surface area contributed by atoms with Crippen LogP contribution in [-0.4, -0.2) is 48.4 Å². The first-order chi connectivity index (χ1) is 7.77. The van der Waals surface area contributed by atoms with Crippen LogP contribution in [0.3, 0.4) is 0 Å². The number of unbranched alkanes of at least 4 members (excludes halogenated alkanes) is 3. The van der Waals surface area contributed by atoms with Crippen molar-refractivity contribution in [1.29, 1.82) is 0 Å². The smallest absolute Gasteiger partial charge is 0.246 e. The zero-order chi connectivity index (χ0) is 11.8. The van der Waals surface area contributed by atoms with Gasteiger partial charge in [-0.2, -0.15) is 0 Å². The van der Waals surface area contributed by atoms with Gasteiger partial charge in [-0.3, -0.25) is 9.69 Å². The van der Waals surface area contributed by atoms with Crippen LogP contribution in [0.15, 0.2) is 12.7 Å². The van der Waals surface area contributed by atoms with Gasteiger partial charge in [-0.15, -0.1) is 0 Å². The van der Waals surface area contributed by atoms with Gasteiger partial charge in [0.25, 0.3) is 0 Å². The molecular formula is C13H24N2O. The summed E-state index contributed by atoms with van der Waals surface area (Å²) in [6.45, 7) is 10.7. The average molecular weight is 224 g/mol. The number of rotatable bonds is 6. The maximum atomic E-state index is 11.4. The summed E-state index contributed by atoms with van der Waals surface area (Å²) >= 11 is 0. The predicted octanol–water partition coefficient (Wildman–Crippen LogP) is 1.90. The Morgan fingerprint density at radius 3 is 2.44 bits per heavy atom. The molecule has 0 aromatic carbocycles. The highest BCUT2D eigenvalue weighted by atomic mass is 16.2. The highest BCUT2D eigenvalue weighted by Crippen LogP contribution is 2.06. The molecule has 0 radical (unpaired) electrons. The molecular weight excluding hydrogens is 200 g/mol. The van der Waals surface area contributed by atoms with E-state index in [1.807, 2.05) is 4.90 Å². The SMILES string of the molecule is C=CC(=O)N1CCN(CCCCCC)CC1. The van der Waals surface area contributed by atoms with Crippen LogP contribution < -0.4 is 0 Å². The third kappa shape index (κ3) is 4.35. The molecule has 0 spiro atoms. The first-order valence-corrected chi connectivity index (χ1v) is 6.41. The van der Waals surface area contributed by atoms with Gasteiger partial charge < -0.3 is 4.90 Å². The van der Waals surface area contributed by atoms with Crippen molar-refractivity contribution < 1.29 is 4.79 Å². The second-order valence-electron chi connectivity index (χ2n) is 4.43. The maximum Gasteiger partial charge on any atom is 0.246 e. The van der Waals surface area contributed by atoms with Crippen LogP contribution in [0.2, 0.25) is 0 Å². The molecule has 1 heterocycles. The van der Waals surface area contributed by atoms with E-state index in [0.29, 0.717) is 0 Å². The van der Waals surface area contributed by atoms with Crippen molar-refractivity contribution in [1.82, 2.24) is 9.80 Å². The van der Waals surface area contributed by atoms with E-state index in [-0.39, 0.29) is 5.91 Å². The zero-order valence-electron chi connectivity index (χ0n) is 10.5. The highest BCUT2D eigenvalue weighted by molar-refractivity contribution is 5.87. The second kappa shape index (κ2) is 7.44. The van der Waals surface area contributed by atoms with Crippen molar-refractivity contribution in [2.75, 3.05) is 32.7 Å². The molecule has 0 aromatic rings. The summed E-state index contributed by atoms with van der Waals surface area (Å²) in [6.07, 6.45) is 6.68. The molecule has 0 N–H and O–H groups in total. The van der Waals surface area contributed by atoms with Crippen molar-refractivity contribution in [3.8, 4) is 0 Å². The molecule has 0 bridgehead atoms. The third-order valence-corrected chi connectivity index (χ3v) is 3.19. The number of hydrogen-bond donors (Lipinski definition) is 0. The van der Waals surface area contributed by atoms with Gasteiger partial charge in [0.1, 0.15) is 0 Å². The van der Waals surface area contributed by atoms with Crippen LogP contribution in [0.4, 0.5) is 0 Å². The zero-order valence-corrected chi connectivity index (χ0v) is 10.5. The maximum absolute atomic E-state index is 11.4. The normalized spacial score (nSPS) is 17.4. The molecule has 1 aliphatic heterocycles. The Kier molecular flexibility index (Phi) is 6.16. The summed E-state index contributed by atoms with van der Waals surface area (Å²) in [5.41, 5.74) is 0. The van der Waals surface area contributed by atoms with E-state index >= 15 is 0 Å². The summed E-state index contributed by atoms with van der Waals surface area (Å²) in [7, 11) is 0. The lowest BCUT2D eigenvalue weighted by Gasteiger charge is -2.34. The van der Waals surface area contributed by atoms with E-state index in [1.54, 1.807) is 0 Å². The Hall–Kier alpha value is -0.830. The molecule has 1 rings (SSSR count). The van der Waals surface area contributed by atoms with E-state index in [4.69, 9.17) is 0 Å². The van der Waals surface area contributed by atoms with Gasteiger partial charge in [-0.1, -0.05) is 32.8 Å². The monoisotopic (exact) mass is 224 g/mol. The summed E-state index contributed by atoms with van der Waals surface area (Å²) in [5, 5.41) is 0. The van der Waals surface area contributed by atoms with E-state index < -0.39 is 0 Å². The lowest BCUT2D eigenvalue weighted by Crippen LogP contribution is -2.48. The van der Waals surface area contributed by atoms with Gasteiger partial charge in [0.15, 0.2) is 0 Å². The van der Waals surface area contributed by atoms with Crippen LogP contribution in [-0.2, 0) is 4.79 Å². The van der Waals surface area contributed by atoms with Crippen LogP contribution in [0.25, 0.3) is 0 Å². The standard InChI is InChI=1S/C13H24N2O/c1-3-5-6-7-8-14-9-11-15(12-10-14)13(16)4-2/h4H,2-3,5-12H2,1H3.